The maximum atomic E-state index is 13.1. The van der Waals surface area contributed by atoms with E-state index in [0.717, 1.165) is 184 Å². The Morgan fingerprint density at radius 1 is 0.509 bits per heavy atom. The fourth-order valence-electron chi connectivity index (χ4n) is 17.6. The highest BCUT2D eigenvalue weighted by molar-refractivity contribution is 7.90. The molecule has 8 aromatic heterocycles. The topological polar surface area (TPSA) is 300 Å². The largest absolute Gasteiger partial charge is 0.511 e. The lowest BCUT2D eigenvalue weighted by atomic mass is 9.85. The van der Waals surface area contributed by atoms with Crippen LogP contribution in [-0.2, 0) is 29.0 Å². The van der Waals surface area contributed by atoms with E-state index >= 15 is 0 Å². The number of fused-ring (bicyclic) bond motifs is 5. The Morgan fingerprint density at radius 2 is 0.904 bits per heavy atom. The van der Waals surface area contributed by atoms with Crippen LogP contribution in [-0.4, -0.2) is 271 Å². The molecule has 8 aromatic rings. The van der Waals surface area contributed by atoms with Gasteiger partial charge in [-0.25, -0.2) is 46.9 Å². The monoisotopic (exact) mass is 1610 g/mol. The number of rotatable bonds is 23. The summed E-state index contributed by atoms with van der Waals surface area (Å²) in [6.07, 6.45) is 18.2. The second kappa shape index (κ2) is 35.9. The lowest BCUT2D eigenvalue weighted by molar-refractivity contribution is -0.150. The van der Waals surface area contributed by atoms with Gasteiger partial charge in [0.05, 0.1) is 99.1 Å². The SMILES string of the molecule is COC[C@H](C)Nc1ncc2c(-c3ccnc(N4CCN(C5COC5)CC4)c3)cc(C3CCC(O)CC3)n2n1.COC[C@H](C)Nc1ncc2c(-c3ccnc(N4CCN(S(=O)(=O)C(F)(F)F)CC4)c3)cc(C3CCC(O)CC3)n2n1.COC[C@H](C)Nc1ncc2c(C3=C[C@@H]4CC[C@H](C3)N4CC(F)(F)F)cc(C3CCC(O)CC3)n2n1. The van der Waals surface area contributed by atoms with E-state index in [1.54, 1.807) is 43.5 Å². The van der Waals surface area contributed by atoms with Crippen LogP contribution in [0.3, 0.4) is 0 Å². The molecular formula is C79H107F6N19O9S. The molecule has 5 atom stereocenters. The second-order valence-corrected chi connectivity index (χ2v) is 33.9. The lowest BCUT2D eigenvalue weighted by Gasteiger charge is -2.42. The lowest BCUT2D eigenvalue weighted by Crippen LogP contribution is -2.56. The van der Waals surface area contributed by atoms with Crippen LogP contribution in [0.5, 0.6) is 0 Å². The van der Waals surface area contributed by atoms with E-state index in [4.69, 9.17) is 39.2 Å². The fraction of sp³-hybridized carbons (Fsp3) is 0.620. The van der Waals surface area contributed by atoms with Gasteiger partial charge in [0.25, 0.3) is 0 Å². The molecule has 0 amide bonds. The van der Waals surface area contributed by atoms with Crippen LogP contribution in [0.2, 0.25) is 0 Å². The standard InChI is InChI=1S/C28H39N7O3.C26H34F3N7O4S.C25H34F3N5O2/c1-19(16-37-2)31-28-30-15-26-24(14-25(35(26)32-28)20-3-5-23(36)6-4-20)21-7-8-29-27(13-21)34-11-9-33(10-12-34)22-17-38-18-22;1-17(16-40-2)32-25-31-15-23-21(14-22(36(23)33-25)18-3-5-20(37)6-4-18)19-7-8-30-24(13-19)34-9-11-35(12-10-34)41(38,39)26(27,28)29;1-15(13-35-2)30-24-29-12-23-21(11-22(33(23)31-24)16-3-7-20(34)8-4-16)17-9-18-5-6-19(10-17)32(18)14-25(26,27)28/h7-8,13-15,19-20,22-23,36H,3-6,9-12,16-18H2,1-2H3,(H,31,32);7-8,13-15,17-18,20,37H,3-6,9-12,16H2,1-2H3,(H,32,33);9,11-12,15-16,18-20,34H,3-8,10,13-14H2,1-2H3,(H,30,31)/t19-,20?,23?;17-,18?,20?;15-,16?,18-,19+,20?/m000/s1. The Labute approximate surface area is 660 Å². The van der Waals surface area contributed by atoms with Crippen LogP contribution in [0.1, 0.15) is 157 Å². The summed E-state index contributed by atoms with van der Waals surface area (Å²) >= 11 is 0. The third kappa shape index (κ3) is 19.0. The fourth-order valence-corrected chi connectivity index (χ4v) is 18.6. The summed E-state index contributed by atoms with van der Waals surface area (Å²) in [6, 6.07) is 15.0. The zero-order valence-electron chi connectivity index (χ0n) is 65.6. The number of halogens is 6. The van der Waals surface area contributed by atoms with Gasteiger partial charge in [0.2, 0.25) is 17.8 Å². The molecule has 8 aliphatic rings. The molecule has 0 spiro atoms. The predicted molar refractivity (Wildman–Crippen MR) is 421 cm³/mol. The van der Waals surface area contributed by atoms with Crippen molar-refractivity contribution in [2.45, 2.75) is 201 Å². The van der Waals surface area contributed by atoms with Gasteiger partial charge in [-0.1, -0.05) is 6.08 Å². The highest BCUT2D eigenvalue weighted by Gasteiger charge is 2.51. The van der Waals surface area contributed by atoms with Crippen molar-refractivity contribution in [1.29, 1.82) is 0 Å². The van der Waals surface area contributed by atoms with Crippen LogP contribution < -0.4 is 25.8 Å². The van der Waals surface area contributed by atoms with E-state index in [1.165, 1.54) is 5.69 Å². The molecule has 16 rings (SSSR count). The van der Waals surface area contributed by atoms with E-state index in [2.05, 4.69) is 87.5 Å². The number of anilines is 5. The van der Waals surface area contributed by atoms with Gasteiger partial charge in [0.1, 0.15) is 11.6 Å². The summed E-state index contributed by atoms with van der Waals surface area (Å²) in [5.74, 6) is 3.93. The van der Waals surface area contributed by atoms with Crippen molar-refractivity contribution in [3.05, 3.63) is 102 Å². The van der Waals surface area contributed by atoms with E-state index in [0.29, 0.717) is 79.0 Å². The minimum Gasteiger partial charge on any atom is -0.393 e. The first-order chi connectivity index (χ1) is 54.8. The van der Waals surface area contributed by atoms with Gasteiger partial charge in [0, 0.05) is 168 Å². The summed E-state index contributed by atoms with van der Waals surface area (Å²) < 4.78 is 129. The number of methoxy groups -OCH3 is 3. The number of alkyl halides is 6. The third-order valence-electron chi connectivity index (χ3n) is 23.7. The first-order valence-electron chi connectivity index (χ1n) is 40.1. The molecule has 0 unspecified atom stereocenters. The number of nitrogens with one attached hydrogen (secondary N) is 3. The number of aliphatic hydroxyl groups excluding tert-OH is 3. The summed E-state index contributed by atoms with van der Waals surface area (Å²) in [6.45, 7) is 12.1. The number of nitrogens with zero attached hydrogens (tertiary/aromatic N) is 16. The van der Waals surface area contributed by atoms with Crippen molar-refractivity contribution in [1.82, 2.24) is 67.9 Å². The molecule has 13 heterocycles. The number of pyridine rings is 2. The Hall–Kier alpha value is -7.97. The van der Waals surface area contributed by atoms with Gasteiger partial charge >= 0.3 is 21.7 Å². The third-order valence-corrected chi connectivity index (χ3v) is 25.3. The molecule has 620 valence electrons. The smallest absolute Gasteiger partial charge is 0.393 e. The van der Waals surface area contributed by atoms with Crippen LogP contribution in [0.4, 0.5) is 55.8 Å². The first-order valence-corrected chi connectivity index (χ1v) is 41.5. The number of ether oxygens (including phenoxy) is 4. The Bertz CT molecular complexity index is 4700. The first kappa shape index (κ1) is 82.6. The Morgan fingerprint density at radius 3 is 1.27 bits per heavy atom. The van der Waals surface area contributed by atoms with Gasteiger partial charge in [-0.15, -0.1) is 15.3 Å². The molecule has 7 fully saturated rings. The minimum absolute atomic E-state index is 0.00453. The highest BCUT2D eigenvalue weighted by atomic mass is 32.2. The normalized spacial score (nSPS) is 24.5. The molecular weight excluding hydrogens is 1510 g/mol. The van der Waals surface area contributed by atoms with E-state index in [9.17, 15) is 50.1 Å². The molecule has 5 aliphatic heterocycles. The van der Waals surface area contributed by atoms with Crippen molar-refractivity contribution < 1.29 is 69.0 Å². The maximum Gasteiger partial charge on any atom is 0.511 e. The molecule has 28 nitrogen and oxygen atoms in total. The average Bonchev–Trinajstić information content (AvgIpc) is 1.45. The molecule has 0 aromatic carbocycles. The number of hydrogen-bond donors (Lipinski definition) is 6. The molecule has 4 saturated heterocycles. The zero-order valence-corrected chi connectivity index (χ0v) is 66.4. The number of aromatic nitrogens is 11. The summed E-state index contributed by atoms with van der Waals surface area (Å²) in [5, 5.41) is 54.6. The molecule has 2 bridgehead atoms. The number of sulfonamides is 1. The quantitative estimate of drug-likeness (QED) is 0.0324. The van der Waals surface area contributed by atoms with Crippen LogP contribution in [0.25, 0.3) is 44.4 Å². The molecule has 35 heteroatoms. The maximum absolute atomic E-state index is 13.1. The van der Waals surface area contributed by atoms with E-state index in [1.807, 2.05) is 59.7 Å². The summed E-state index contributed by atoms with van der Waals surface area (Å²) in [7, 11) is -0.390. The Kier molecular flexibility index (Phi) is 26.0. The molecule has 3 aliphatic carbocycles. The molecule has 0 radical (unpaired) electrons. The van der Waals surface area contributed by atoms with Gasteiger partial charge in [0.15, 0.2) is 0 Å². The van der Waals surface area contributed by atoms with Gasteiger partial charge < -0.3 is 60.0 Å². The van der Waals surface area contributed by atoms with Crippen molar-refractivity contribution in [2.75, 3.05) is 139 Å². The predicted octanol–water partition coefficient (Wildman–Crippen LogP) is 10.4. The number of aliphatic hydroxyl groups is 3. The van der Waals surface area contributed by atoms with Gasteiger partial charge in [-0.05, 0) is 176 Å². The molecule has 3 saturated carbocycles. The van der Waals surface area contributed by atoms with Crippen molar-refractivity contribution in [3.63, 3.8) is 0 Å². The van der Waals surface area contributed by atoms with Gasteiger partial charge in [-0.3, -0.25) is 9.80 Å². The van der Waals surface area contributed by atoms with Crippen LogP contribution in [0, 0.1) is 0 Å². The molecule has 114 heavy (non-hydrogen) atoms. The van der Waals surface area contributed by atoms with Crippen LogP contribution in [0.15, 0.2) is 79.5 Å². The average molecular weight is 1610 g/mol. The van der Waals surface area contributed by atoms with E-state index in [-0.39, 0.29) is 86.5 Å². The Balaban J connectivity index is 0.000000142. The molecule has 6 N–H and O–H groups in total. The van der Waals surface area contributed by atoms with Crippen molar-refractivity contribution in [3.8, 4) is 22.3 Å². The number of piperazine rings is 2. The van der Waals surface area contributed by atoms with Crippen LogP contribution >= 0.6 is 0 Å². The summed E-state index contributed by atoms with van der Waals surface area (Å²) in [4.78, 5) is 31.2. The van der Waals surface area contributed by atoms with Crippen molar-refractivity contribution in [2.24, 2.45) is 0 Å². The minimum atomic E-state index is -5.36. The zero-order chi connectivity index (χ0) is 80.2. The highest BCUT2D eigenvalue weighted by Crippen LogP contribution is 2.45. The van der Waals surface area contributed by atoms with Gasteiger partial charge in [-0.2, -0.15) is 30.6 Å². The number of hydrogen-bond acceptors (Lipinski definition) is 24. The van der Waals surface area contributed by atoms with Crippen molar-refractivity contribution >= 4 is 61.6 Å². The summed E-state index contributed by atoms with van der Waals surface area (Å²) in [5.41, 5.74) is 6.67. The van der Waals surface area contributed by atoms with E-state index < -0.39 is 28.3 Å². The second-order valence-electron chi connectivity index (χ2n) is 31.9.